The number of aromatic nitrogens is 3. The number of ether oxygens (including phenoxy) is 1. The van der Waals surface area contributed by atoms with Crippen LogP contribution in [0.1, 0.15) is 34.1 Å². The van der Waals surface area contributed by atoms with Crippen LogP contribution in [0.4, 0.5) is 0 Å². The Balaban J connectivity index is 1.39. The molecule has 36 heavy (non-hydrogen) atoms. The maximum atomic E-state index is 13.1. The minimum atomic E-state index is -0.0244. The predicted octanol–water partition coefficient (Wildman–Crippen LogP) is 2.36. The monoisotopic (exact) mass is 484 g/mol. The van der Waals surface area contributed by atoms with Crippen molar-refractivity contribution in [1.82, 2.24) is 30.3 Å². The van der Waals surface area contributed by atoms with Crippen molar-refractivity contribution < 1.29 is 14.3 Å². The number of rotatable bonds is 4. The molecule has 0 bridgehead atoms. The zero-order valence-electron chi connectivity index (χ0n) is 20.2. The zero-order chi connectivity index (χ0) is 24.4. The Morgan fingerprint density at radius 1 is 1.14 bits per heavy atom. The lowest BCUT2D eigenvalue weighted by Gasteiger charge is -2.27. The lowest BCUT2D eigenvalue weighted by Crippen LogP contribution is -2.47. The van der Waals surface area contributed by atoms with Gasteiger partial charge in [-0.2, -0.15) is 5.10 Å². The third kappa shape index (κ3) is 3.02. The summed E-state index contributed by atoms with van der Waals surface area (Å²) in [7, 11) is 0. The van der Waals surface area contributed by atoms with Crippen molar-refractivity contribution >= 4 is 33.6 Å². The van der Waals surface area contributed by atoms with E-state index in [1.165, 1.54) is 11.1 Å². The van der Waals surface area contributed by atoms with Crippen LogP contribution in [0.25, 0.3) is 32.9 Å². The minimum absolute atomic E-state index is 0.00765. The summed E-state index contributed by atoms with van der Waals surface area (Å²) in [5.41, 5.74) is 8.48. The summed E-state index contributed by atoms with van der Waals surface area (Å²) in [5.74, 6) is 0.652. The van der Waals surface area contributed by atoms with Gasteiger partial charge in [0.2, 0.25) is 0 Å². The molecule has 1 fully saturated rings. The Kier molecular flexibility index (Phi) is 4.82. The van der Waals surface area contributed by atoms with E-state index in [4.69, 9.17) is 4.74 Å². The number of carbonyl (C=O) groups excluding carboxylic acids is 2. The molecule has 2 aliphatic heterocycles. The first-order valence-electron chi connectivity index (χ1n) is 12.7. The average molecular weight is 485 g/mol. The molecule has 0 spiro atoms. The van der Waals surface area contributed by atoms with Gasteiger partial charge in [0.05, 0.1) is 17.3 Å². The number of carbonyl (C=O) groups is 2. The van der Waals surface area contributed by atoms with Gasteiger partial charge >= 0.3 is 0 Å². The van der Waals surface area contributed by atoms with Crippen LogP contribution in [-0.4, -0.2) is 64.3 Å². The topological polar surface area (TPSA) is 104 Å². The van der Waals surface area contributed by atoms with Crippen molar-refractivity contribution in [2.75, 3.05) is 32.8 Å². The molecule has 2 amide bonds. The number of nitrogens with zero attached hydrogens (tertiary/aromatic N) is 3. The first-order valence-corrected chi connectivity index (χ1v) is 12.7. The van der Waals surface area contributed by atoms with Gasteiger partial charge in [-0.1, -0.05) is 0 Å². The number of aromatic amines is 1. The second-order valence-electron chi connectivity index (χ2n) is 9.72. The van der Waals surface area contributed by atoms with Crippen LogP contribution in [0, 0.1) is 0 Å². The van der Waals surface area contributed by atoms with Crippen molar-refractivity contribution in [2.45, 2.75) is 32.9 Å². The summed E-state index contributed by atoms with van der Waals surface area (Å²) in [5, 5.41) is 15.9. The van der Waals surface area contributed by atoms with Gasteiger partial charge in [0.15, 0.2) is 6.61 Å². The number of nitrogens with one attached hydrogen (secondary N) is 3. The van der Waals surface area contributed by atoms with Crippen LogP contribution in [-0.2, 0) is 30.7 Å². The number of hydrogen-bond donors (Lipinski definition) is 3. The lowest BCUT2D eigenvalue weighted by atomic mass is 9.83. The number of H-pyrrole nitrogens is 1. The molecule has 4 heterocycles. The highest BCUT2D eigenvalue weighted by Gasteiger charge is 2.34. The normalized spacial score (nSPS) is 16.7. The van der Waals surface area contributed by atoms with Gasteiger partial charge in [0.25, 0.3) is 11.8 Å². The fourth-order valence-electron chi connectivity index (χ4n) is 6.26. The summed E-state index contributed by atoms with van der Waals surface area (Å²) in [4.78, 5) is 27.6. The van der Waals surface area contributed by atoms with E-state index < -0.39 is 0 Å². The van der Waals surface area contributed by atoms with Crippen LogP contribution >= 0.6 is 0 Å². The highest BCUT2D eigenvalue weighted by Crippen LogP contribution is 2.46. The smallest absolute Gasteiger partial charge is 0.260 e. The first kappa shape index (κ1) is 21.4. The van der Waals surface area contributed by atoms with Gasteiger partial charge in [-0.15, -0.1) is 0 Å². The molecule has 0 unspecified atom stereocenters. The number of hydrogen-bond acceptors (Lipinski definition) is 5. The Bertz CT molecular complexity index is 1560. The van der Waals surface area contributed by atoms with Crippen LogP contribution in [0.2, 0.25) is 0 Å². The summed E-state index contributed by atoms with van der Waals surface area (Å²) in [6, 6.07) is 6.07. The van der Waals surface area contributed by atoms with Gasteiger partial charge in [-0.05, 0) is 49.1 Å². The predicted molar refractivity (Wildman–Crippen MR) is 136 cm³/mol. The van der Waals surface area contributed by atoms with E-state index in [9.17, 15) is 9.59 Å². The second-order valence-corrected chi connectivity index (χ2v) is 9.72. The van der Waals surface area contributed by atoms with Gasteiger partial charge in [0, 0.05) is 72.4 Å². The van der Waals surface area contributed by atoms with E-state index in [0.717, 1.165) is 76.7 Å². The second kappa shape index (κ2) is 8.09. The average Bonchev–Trinajstić information content (AvgIpc) is 3.62. The standard InChI is InChI=1S/C27H28N6O3/c1-2-33-21-6-3-15(36-14-22(34)32-9-7-28-8-10-32)11-17(21)24-19-12-29-27(35)25(19)23-16(26(24)33)4-5-20-18(23)13-30-31-20/h3,6,11,13,28H,2,4-5,7-10,12,14H2,1H3,(H,29,35)(H,30,31). The summed E-state index contributed by atoms with van der Waals surface area (Å²) < 4.78 is 8.35. The molecule has 2 aromatic carbocycles. The Labute approximate surface area is 207 Å². The van der Waals surface area contributed by atoms with Gasteiger partial charge < -0.3 is 24.8 Å². The molecule has 9 heteroatoms. The number of benzene rings is 2. The molecule has 0 radical (unpaired) electrons. The highest BCUT2D eigenvalue weighted by molar-refractivity contribution is 6.19. The molecule has 4 aromatic rings. The molecule has 3 aliphatic rings. The molecule has 7 rings (SSSR count). The number of piperazine rings is 1. The van der Waals surface area contributed by atoms with E-state index in [1.54, 1.807) is 0 Å². The molecule has 3 N–H and O–H groups in total. The summed E-state index contributed by atoms with van der Waals surface area (Å²) >= 11 is 0. The van der Waals surface area contributed by atoms with E-state index in [-0.39, 0.29) is 18.4 Å². The molecule has 9 nitrogen and oxygen atoms in total. The zero-order valence-corrected chi connectivity index (χ0v) is 20.2. The van der Waals surface area contributed by atoms with Gasteiger partial charge in [-0.3, -0.25) is 14.7 Å². The largest absolute Gasteiger partial charge is 0.484 e. The van der Waals surface area contributed by atoms with Crippen molar-refractivity contribution in [3.63, 3.8) is 0 Å². The van der Waals surface area contributed by atoms with Crippen LogP contribution in [0.3, 0.4) is 0 Å². The SMILES string of the molecule is CCn1c2ccc(OCC(=O)N3CCNCC3)cc2c2c3c(c4c(c21)CCc1[nH]ncc1-4)C(=O)NC3. The summed E-state index contributed by atoms with van der Waals surface area (Å²) in [6.45, 7) is 6.55. The fourth-order valence-corrected chi connectivity index (χ4v) is 6.26. The molecule has 1 saturated heterocycles. The summed E-state index contributed by atoms with van der Waals surface area (Å²) in [6.07, 6.45) is 3.57. The number of aryl methyl sites for hydroxylation is 3. The van der Waals surface area contributed by atoms with Crippen molar-refractivity contribution in [1.29, 1.82) is 0 Å². The number of fused-ring (bicyclic) bond motifs is 10. The Morgan fingerprint density at radius 2 is 2.00 bits per heavy atom. The third-order valence-electron chi connectivity index (χ3n) is 7.89. The quantitative estimate of drug-likeness (QED) is 0.413. The van der Waals surface area contributed by atoms with Gasteiger partial charge in [0.1, 0.15) is 5.75 Å². The molecule has 184 valence electrons. The highest BCUT2D eigenvalue weighted by atomic mass is 16.5. The van der Waals surface area contributed by atoms with Crippen LogP contribution in [0.5, 0.6) is 5.75 Å². The molecule has 0 saturated carbocycles. The molecule has 2 aromatic heterocycles. The van der Waals surface area contributed by atoms with Crippen molar-refractivity contribution in [2.24, 2.45) is 0 Å². The Morgan fingerprint density at radius 3 is 2.83 bits per heavy atom. The van der Waals surface area contributed by atoms with E-state index in [0.29, 0.717) is 25.4 Å². The van der Waals surface area contributed by atoms with Crippen molar-refractivity contribution in [3.8, 4) is 16.9 Å². The van der Waals surface area contributed by atoms with Gasteiger partial charge in [-0.25, -0.2) is 0 Å². The molecular weight excluding hydrogens is 456 g/mol. The minimum Gasteiger partial charge on any atom is -0.484 e. The maximum Gasteiger partial charge on any atom is 0.260 e. The van der Waals surface area contributed by atoms with E-state index in [1.807, 2.05) is 23.2 Å². The third-order valence-corrected chi connectivity index (χ3v) is 7.89. The first-order chi connectivity index (χ1) is 17.7. The van der Waals surface area contributed by atoms with Crippen LogP contribution < -0.4 is 15.4 Å². The van der Waals surface area contributed by atoms with Crippen LogP contribution in [0.15, 0.2) is 24.4 Å². The maximum absolute atomic E-state index is 13.1. The molecule has 0 atom stereocenters. The lowest BCUT2D eigenvalue weighted by molar-refractivity contribution is -0.133. The number of amides is 2. The van der Waals surface area contributed by atoms with E-state index >= 15 is 0 Å². The van der Waals surface area contributed by atoms with Crippen molar-refractivity contribution in [3.05, 3.63) is 46.8 Å². The molecular formula is C27H28N6O3. The fraction of sp³-hybridized carbons (Fsp3) is 0.370. The Hall–Kier alpha value is -3.85. The molecule has 1 aliphatic carbocycles. The van der Waals surface area contributed by atoms with E-state index in [2.05, 4.69) is 38.4 Å².